The molecule has 0 aliphatic carbocycles. The monoisotopic (exact) mass is 388 g/mol. The molecule has 7 heteroatoms. The summed E-state index contributed by atoms with van der Waals surface area (Å²) in [5.41, 5.74) is 1.62. The molecule has 0 fully saturated rings. The molecule has 2 aromatic rings. The summed E-state index contributed by atoms with van der Waals surface area (Å²) in [6, 6.07) is 11.6. The maximum Gasteiger partial charge on any atom is 0.338 e. The van der Waals surface area contributed by atoms with Gasteiger partial charge in [-0.15, -0.1) is 0 Å². The molecule has 0 saturated heterocycles. The van der Waals surface area contributed by atoms with Crippen LogP contribution in [0.1, 0.15) is 25.5 Å². The average Bonchev–Trinajstić information content (AvgIpc) is 2.62. The van der Waals surface area contributed by atoms with E-state index >= 15 is 0 Å². The highest BCUT2D eigenvalue weighted by Crippen LogP contribution is 2.35. The number of nitrogens with one attached hydrogen (secondary N) is 1. The fourth-order valence-electron chi connectivity index (χ4n) is 3.07. The molecular weight excluding hydrogens is 370 g/mol. The van der Waals surface area contributed by atoms with Crippen molar-refractivity contribution >= 4 is 29.0 Å². The van der Waals surface area contributed by atoms with Crippen molar-refractivity contribution in [2.75, 3.05) is 11.5 Å². The minimum absolute atomic E-state index is 0.119. The Hall–Kier alpha value is -2.80. The van der Waals surface area contributed by atoms with E-state index in [4.69, 9.17) is 17.0 Å². The second-order valence-corrected chi connectivity index (χ2v) is 6.33. The smallest absolute Gasteiger partial charge is 0.338 e. The van der Waals surface area contributed by atoms with Gasteiger partial charge in [-0.05, 0) is 44.3 Å². The molecule has 1 heterocycles. The van der Waals surface area contributed by atoms with Crippen LogP contribution >= 0.6 is 12.2 Å². The first-order valence-electron chi connectivity index (χ1n) is 8.42. The third-order valence-corrected chi connectivity index (χ3v) is 4.57. The molecule has 3 rings (SSSR count). The number of halogens is 2. The zero-order valence-electron chi connectivity index (χ0n) is 14.8. The van der Waals surface area contributed by atoms with Crippen molar-refractivity contribution in [1.29, 1.82) is 0 Å². The molecule has 140 valence electrons. The summed E-state index contributed by atoms with van der Waals surface area (Å²) in [6.07, 6.45) is 0. The highest BCUT2D eigenvalue weighted by molar-refractivity contribution is 7.80. The fourth-order valence-corrected chi connectivity index (χ4v) is 3.43. The maximum absolute atomic E-state index is 14.4. The van der Waals surface area contributed by atoms with E-state index < -0.39 is 23.6 Å². The Kier molecular flexibility index (Phi) is 5.51. The van der Waals surface area contributed by atoms with E-state index in [0.717, 1.165) is 17.8 Å². The SMILES string of the molecule is CCOC(=O)C1=C(C)N(c2ccccc2)C(=S)NC1c1ccc(F)cc1F. The molecule has 0 spiro atoms. The van der Waals surface area contributed by atoms with Crippen LogP contribution in [0.5, 0.6) is 0 Å². The normalized spacial score (nSPS) is 17.0. The number of thiocarbonyl (C=S) groups is 1. The first-order chi connectivity index (χ1) is 12.9. The van der Waals surface area contributed by atoms with Crippen molar-refractivity contribution in [2.45, 2.75) is 19.9 Å². The summed E-state index contributed by atoms with van der Waals surface area (Å²) in [5, 5.41) is 3.30. The van der Waals surface area contributed by atoms with Crippen LogP contribution in [-0.4, -0.2) is 17.7 Å². The molecule has 0 radical (unpaired) electrons. The number of ether oxygens (including phenoxy) is 1. The maximum atomic E-state index is 14.4. The molecule has 1 aliphatic heterocycles. The Bertz CT molecular complexity index is 915. The first kappa shape index (κ1) is 19.0. The molecule has 4 nitrogen and oxygen atoms in total. The van der Waals surface area contributed by atoms with E-state index in [0.29, 0.717) is 10.8 Å². The van der Waals surface area contributed by atoms with E-state index in [-0.39, 0.29) is 17.7 Å². The lowest BCUT2D eigenvalue weighted by atomic mass is 9.94. The molecule has 1 aliphatic rings. The summed E-state index contributed by atoms with van der Waals surface area (Å²) >= 11 is 5.47. The average molecular weight is 388 g/mol. The van der Waals surface area contributed by atoms with Crippen molar-refractivity contribution in [3.05, 3.63) is 77.0 Å². The van der Waals surface area contributed by atoms with E-state index in [1.54, 1.807) is 18.7 Å². The number of benzene rings is 2. The van der Waals surface area contributed by atoms with Gasteiger partial charge in [-0.25, -0.2) is 13.6 Å². The molecule has 1 unspecified atom stereocenters. The highest BCUT2D eigenvalue weighted by atomic mass is 32.1. The van der Waals surface area contributed by atoms with Gasteiger partial charge >= 0.3 is 5.97 Å². The number of nitrogens with zero attached hydrogens (tertiary/aromatic N) is 1. The van der Waals surface area contributed by atoms with Gasteiger partial charge in [0.2, 0.25) is 0 Å². The third kappa shape index (κ3) is 3.68. The molecule has 1 atom stereocenters. The molecule has 0 aromatic heterocycles. The number of hydrogen-bond donors (Lipinski definition) is 1. The van der Waals surface area contributed by atoms with E-state index in [9.17, 15) is 13.6 Å². The zero-order valence-corrected chi connectivity index (χ0v) is 15.6. The van der Waals surface area contributed by atoms with Crippen LogP contribution in [0.4, 0.5) is 14.5 Å². The quantitative estimate of drug-likeness (QED) is 0.627. The van der Waals surface area contributed by atoms with Crippen molar-refractivity contribution in [3.63, 3.8) is 0 Å². The number of anilines is 1. The van der Waals surface area contributed by atoms with Gasteiger partial charge in [-0.3, -0.25) is 4.90 Å². The second kappa shape index (κ2) is 7.84. The minimum Gasteiger partial charge on any atom is -0.463 e. The standard InChI is InChI=1S/C20H18F2N2O2S/c1-3-26-19(25)17-12(2)24(14-7-5-4-6-8-14)20(27)23-18(17)15-10-9-13(21)11-16(15)22/h4-11,18H,3H2,1-2H3,(H,23,27). The summed E-state index contributed by atoms with van der Waals surface area (Å²) in [6.45, 7) is 3.59. The lowest BCUT2D eigenvalue weighted by molar-refractivity contribution is -0.139. The predicted molar refractivity (Wildman–Crippen MR) is 103 cm³/mol. The predicted octanol–water partition coefficient (Wildman–Crippen LogP) is 4.24. The Balaban J connectivity index is 2.16. The molecule has 0 bridgehead atoms. The Morgan fingerprint density at radius 1 is 1.22 bits per heavy atom. The van der Waals surface area contributed by atoms with Crippen LogP contribution in [-0.2, 0) is 9.53 Å². The van der Waals surface area contributed by atoms with Crippen LogP contribution in [0.2, 0.25) is 0 Å². The third-order valence-electron chi connectivity index (χ3n) is 4.27. The molecule has 0 amide bonds. The summed E-state index contributed by atoms with van der Waals surface area (Å²) in [5.74, 6) is -2.04. The van der Waals surface area contributed by atoms with Crippen LogP contribution in [0.15, 0.2) is 59.8 Å². The second-order valence-electron chi connectivity index (χ2n) is 5.94. The van der Waals surface area contributed by atoms with Gasteiger partial charge in [0, 0.05) is 23.0 Å². The Labute approximate surface area is 161 Å². The van der Waals surface area contributed by atoms with E-state index in [2.05, 4.69) is 5.32 Å². The Morgan fingerprint density at radius 2 is 1.93 bits per heavy atom. The van der Waals surface area contributed by atoms with Crippen molar-refractivity contribution in [1.82, 2.24) is 5.32 Å². The van der Waals surface area contributed by atoms with Crippen molar-refractivity contribution in [3.8, 4) is 0 Å². The largest absolute Gasteiger partial charge is 0.463 e. The number of carbonyl (C=O) groups is 1. The van der Waals surface area contributed by atoms with Gasteiger partial charge in [0.15, 0.2) is 5.11 Å². The number of carbonyl (C=O) groups excluding carboxylic acids is 1. The van der Waals surface area contributed by atoms with Gasteiger partial charge in [-0.1, -0.05) is 24.3 Å². The van der Waals surface area contributed by atoms with Crippen molar-refractivity contribution in [2.24, 2.45) is 0 Å². The highest BCUT2D eigenvalue weighted by Gasteiger charge is 2.36. The topological polar surface area (TPSA) is 41.6 Å². The van der Waals surface area contributed by atoms with Gasteiger partial charge in [0.1, 0.15) is 11.6 Å². The summed E-state index contributed by atoms with van der Waals surface area (Å²) in [4.78, 5) is 14.4. The van der Waals surface area contributed by atoms with Gasteiger partial charge in [0.25, 0.3) is 0 Å². The molecule has 0 saturated carbocycles. The van der Waals surface area contributed by atoms with E-state index in [1.807, 2.05) is 30.3 Å². The number of rotatable bonds is 4. The summed E-state index contributed by atoms with van der Waals surface area (Å²) < 4.78 is 32.9. The number of allylic oxidation sites excluding steroid dienone is 1. The molecule has 2 aromatic carbocycles. The van der Waals surface area contributed by atoms with Crippen LogP contribution in [0.3, 0.4) is 0 Å². The van der Waals surface area contributed by atoms with Crippen molar-refractivity contribution < 1.29 is 18.3 Å². The molecule has 1 N–H and O–H groups in total. The number of para-hydroxylation sites is 1. The van der Waals surface area contributed by atoms with Crippen LogP contribution in [0, 0.1) is 11.6 Å². The van der Waals surface area contributed by atoms with Crippen LogP contribution < -0.4 is 10.2 Å². The summed E-state index contributed by atoms with van der Waals surface area (Å²) in [7, 11) is 0. The Morgan fingerprint density at radius 3 is 2.56 bits per heavy atom. The van der Waals surface area contributed by atoms with Gasteiger partial charge in [0.05, 0.1) is 18.2 Å². The zero-order chi connectivity index (χ0) is 19.6. The first-order valence-corrected chi connectivity index (χ1v) is 8.83. The molecular formula is C20H18F2N2O2S. The number of hydrogen-bond acceptors (Lipinski definition) is 3. The lowest BCUT2D eigenvalue weighted by Gasteiger charge is -2.37. The van der Waals surface area contributed by atoms with Gasteiger partial charge in [-0.2, -0.15) is 0 Å². The molecule has 27 heavy (non-hydrogen) atoms. The van der Waals surface area contributed by atoms with Gasteiger partial charge < -0.3 is 10.1 Å². The number of esters is 1. The minimum atomic E-state index is -0.878. The van der Waals surface area contributed by atoms with Crippen LogP contribution in [0.25, 0.3) is 0 Å². The fraction of sp³-hybridized carbons (Fsp3) is 0.200. The van der Waals surface area contributed by atoms with E-state index in [1.165, 1.54) is 6.07 Å². The lowest BCUT2D eigenvalue weighted by Crippen LogP contribution is -2.48.